The molecule has 0 fully saturated rings. The van der Waals surface area contributed by atoms with Crippen molar-refractivity contribution in [2.24, 2.45) is 5.41 Å². The monoisotopic (exact) mass is 395 g/mol. The Hall–Kier alpha value is -2.05. The van der Waals surface area contributed by atoms with Crippen LogP contribution in [0.5, 0.6) is 5.75 Å². The first-order valence-electron chi connectivity index (χ1n) is 8.03. The lowest BCUT2D eigenvalue weighted by Crippen LogP contribution is -2.38. The van der Waals surface area contributed by atoms with E-state index in [1.54, 1.807) is 18.2 Å². The Morgan fingerprint density at radius 3 is 2.23 bits per heavy atom. The molecule has 0 radical (unpaired) electrons. The first-order valence-corrected chi connectivity index (χ1v) is 9.85. The van der Waals surface area contributed by atoms with Crippen molar-refractivity contribution < 1.29 is 17.9 Å². The summed E-state index contributed by atoms with van der Waals surface area (Å²) < 4.78 is 32.2. The first-order chi connectivity index (χ1) is 12.1. The van der Waals surface area contributed by atoms with Gasteiger partial charge in [0.15, 0.2) is 0 Å². The van der Waals surface area contributed by atoms with Gasteiger partial charge in [0.2, 0.25) is 5.91 Å². The van der Waals surface area contributed by atoms with Gasteiger partial charge < -0.3 is 4.74 Å². The van der Waals surface area contributed by atoms with Gasteiger partial charge in [0.25, 0.3) is 10.0 Å². The Balaban J connectivity index is 2.60. The molecule has 26 heavy (non-hydrogen) atoms. The summed E-state index contributed by atoms with van der Waals surface area (Å²) >= 11 is 6.15. The second-order valence-electron chi connectivity index (χ2n) is 7.03. The summed E-state index contributed by atoms with van der Waals surface area (Å²) in [6.45, 7) is 5.62. The number of carbonyl (C=O) groups excluding carboxylic acids is 1. The van der Waals surface area contributed by atoms with Crippen LogP contribution in [0, 0.1) is 5.41 Å². The molecule has 0 heterocycles. The third kappa shape index (κ3) is 4.56. The van der Waals surface area contributed by atoms with Crippen LogP contribution in [0.1, 0.15) is 27.2 Å². The smallest absolute Gasteiger partial charge is 0.270 e. The van der Waals surface area contributed by atoms with E-state index in [-0.39, 0.29) is 27.4 Å². The van der Waals surface area contributed by atoms with Gasteiger partial charge >= 0.3 is 0 Å². The fourth-order valence-corrected chi connectivity index (χ4v) is 4.11. The van der Waals surface area contributed by atoms with E-state index in [9.17, 15) is 13.2 Å². The number of hydrogen-bond donors (Lipinski definition) is 0. The summed E-state index contributed by atoms with van der Waals surface area (Å²) in [5, 5.41) is 0.224. The maximum atomic E-state index is 13.2. The van der Waals surface area contributed by atoms with Crippen molar-refractivity contribution in [2.45, 2.75) is 32.1 Å². The van der Waals surface area contributed by atoms with E-state index in [0.717, 1.165) is 4.31 Å². The number of carbonyl (C=O) groups is 1. The number of amides is 1. The van der Waals surface area contributed by atoms with Crippen molar-refractivity contribution in [2.75, 3.05) is 11.4 Å². The molecule has 5 nitrogen and oxygen atoms in total. The van der Waals surface area contributed by atoms with Gasteiger partial charge in [-0.2, -0.15) is 0 Å². The van der Waals surface area contributed by atoms with Crippen LogP contribution in [-0.4, -0.2) is 21.4 Å². The van der Waals surface area contributed by atoms with Crippen LogP contribution in [0.25, 0.3) is 0 Å². The normalized spacial score (nSPS) is 11.9. The van der Waals surface area contributed by atoms with Crippen LogP contribution in [0.4, 0.5) is 5.69 Å². The van der Waals surface area contributed by atoms with E-state index >= 15 is 0 Å². The van der Waals surface area contributed by atoms with Crippen LogP contribution in [-0.2, 0) is 14.8 Å². The summed E-state index contributed by atoms with van der Waals surface area (Å²) in [5.41, 5.74) is -0.202. The van der Waals surface area contributed by atoms with Gasteiger partial charge in [0.1, 0.15) is 5.75 Å². The summed E-state index contributed by atoms with van der Waals surface area (Å²) in [6.07, 6.45) is 0.0582. The van der Waals surface area contributed by atoms with Gasteiger partial charge in [-0.3, -0.25) is 4.79 Å². The molecule has 140 valence electrons. The molecule has 0 atom stereocenters. The molecule has 7 heteroatoms. The molecule has 1 amide bonds. The molecule has 2 rings (SSSR count). The molecule has 0 saturated heterocycles. The maximum absolute atomic E-state index is 13.2. The molecule has 0 aromatic heterocycles. The minimum Gasteiger partial charge on any atom is -0.495 e. The second kappa shape index (κ2) is 7.68. The number of ether oxygens (including phenoxy) is 1. The SMILES string of the molecule is COc1ccc(N(C(=O)CC(C)(C)C)S(=O)(=O)c2ccccc2)cc1Cl. The number of rotatable bonds is 5. The second-order valence-corrected chi connectivity index (χ2v) is 9.23. The van der Waals surface area contributed by atoms with E-state index in [4.69, 9.17) is 16.3 Å². The van der Waals surface area contributed by atoms with Crippen LogP contribution in [0.3, 0.4) is 0 Å². The number of benzene rings is 2. The number of nitrogens with zero attached hydrogens (tertiary/aromatic N) is 1. The van der Waals surface area contributed by atoms with E-state index in [2.05, 4.69) is 0 Å². The lowest BCUT2D eigenvalue weighted by molar-refractivity contribution is -0.119. The molecule has 2 aromatic carbocycles. The summed E-state index contributed by atoms with van der Waals surface area (Å²) in [5.74, 6) is -0.127. The molecular weight excluding hydrogens is 374 g/mol. The third-order valence-corrected chi connectivity index (χ3v) is 5.62. The van der Waals surface area contributed by atoms with E-state index in [1.807, 2.05) is 20.8 Å². The van der Waals surface area contributed by atoms with Crippen molar-refractivity contribution >= 4 is 33.2 Å². The minimum absolute atomic E-state index is 0.0363. The van der Waals surface area contributed by atoms with Crippen molar-refractivity contribution in [3.63, 3.8) is 0 Å². The molecule has 0 aliphatic rings. The number of sulfonamides is 1. The molecular formula is C19H22ClNO4S. The average molecular weight is 396 g/mol. The fourth-order valence-electron chi connectivity index (χ4n) is 2.42. The Bertz CT molecular complexity index is 890. The van der Waals surface area contributed by atoms with Gasteiger partial charge in [-0.25, -0.2) is 12.7 Å². The van der Waals surface area contributed by atoms with Crippen LogP contribution >= 0.6 is 11.6 Å². The number of halogens is 1. The van der Waals surface area contributed by atoms with Gasteiger partial charge in [-0.15, -0.1) is 0 Å². The lowest BCUT2D eigenvalue weighted by Gasteiger charge is -2.26. The van der Waals surface area contributed by atoms with Crippen LogP contribution in [0.2, 0.25) is 5.02 Å². The van der Waals surface area contributed by atoms with Crippen molar-refractivity contribution in [1.29, 1.82) is 0 Å². The van der Waals surface area contributed by atoms with Crippen LogP contribution < -0.4 is 9.04 Å². The number of methoxy groups -OCH3 is 1. The van der Waals surface area contributed by atoms with E-state index in [1.165, 1.54) is 37.4 Å². The number of anilines is 1. The number of hydrogen-bond acceptors (Lipinski definition) is 4. The summed E-state index contributed by atoms with van der Waals surface area (Å²) in [6, 6.07) is 12.3. The molecule has 0 aliphatic carbocycles. The van der Waals surface area contributed by atoms with E-state index < -0.39 is 15.9 Å². The summed E-state index contributed by atoms with van der Waals surface area (Å²) in [4.78, 5) is 13.0. The largest absolute Gasteiger partial charge is 0.495 e. The quantitative estimate of drug-likeness (QED) is 0.747. The zero-order valence-corrected chi connectivity index (χ0v) is 16.8. The highest BCUT2D eigenvalue weighted by Gasteiger charge is 2.33. The lowest BCUT2D eigenvalue weighted by atomic mass is 9.92. The molecule has 0 N–H and O–H groups in total. The fraction of sp³-hybridized carbons (Fsp3) is 0.316. The van der Waals surface area contributed by atoms with E-state index in [0.29, 0.717) is 5.75 Å². The van der Waals surface area contributed by atoms with Gasteiger partial charge in [0.05, 0.1) is 22.7 Å². The third-order valence-electron chi connectivity index (χ3n) is 3.56. The molecule has 0 unspecified atom stereocenters. The molecule has 2 aromatic rings. The predicted molar refractivity (Wildman–Crippen MR) is 103 cm³/mol. The minimum atomic E-state index is -4.08. The van der Waals surface area contributed by atoms with Crippen molar-refractivity contribution in [1.82, 2.24) is 0 Å². The van der Waals surface area contributed by atoms with Crippen molar-refractivity contribution in [3.8, 4) is 5.75 Å². The maximum Gasteiger partial charge on any atom is 0.270 e. The van der Waals surface area contributed by atoms with Gasteiger partial charge in [-0.1, -0.05) is 50.6 Å². The highest BCUT2D eigenvalue weighted by atomic mass is 35.5. The molecule has 0 saturated carbocycles. The Morgan fingerprint density at radius 2 is 1.73 bits per heavy atom. The Labute approximate surface area is 159 Å². The topological polar surface area (TPSA) is 63.7 Å². The first kappa shape index (κ1) is 20.3. The average Bonchev–Trinajstić information content (AvgIpc) is 2.54. The highest BCUT2D eigenvalue weighted by Crippen LogP contribution is 2.33. The Kier molecular flexibility index (Phi) is 5.98. The molecule has 0 aliphatic heterocycles. The summed E-state index contributed by atoms with van der Waals surface area (Å²) in [7, 11) is -2.62. The van der Waals surface area contributed by atoms with Gasteiger partial charge in [0, 0.05) is 6.42 Å². The zero-order valence-electron chi connectivity index (χ0n) is 15.2. The molecule has 0 spiro atoms. The zero-order chi connectivity index (χ0) is 19.5. The standard InChI is InChI=1S/C19H22ClNO4S/c1-19(2,3)13-18(22)21(14-10-11-17(25-4)16(20)12-14)26(23,24)15-8-6-5-7-9-15/h5-12H,13H2,1-4H3. The highest BCUT2D eigenvalue weighted by molar-refractivity contribution is 7.93. The Morgan fingerprint density at radius 1 is 1.12 bits per heavy atom. The van der Waals surface area contributed by atoms with Crippen LogP contribution in [0.15, 0.2) is 53.4 Å². The van der Waals surface area contributed by atoms with Gasteiger partial charge in [-0.05, 0) is 35.7 Å². The predicted octanol–water partition coefficient (Wildman–Crippen LogP) is 4.51. The molecule has 0 bridgehead atoms. The van der Waals surface area contributed by atoms with Crippen molar-refractivity contribution in [3.05, 3.63) is 53.6 Å².